The van der Waals surface area contributed by atoms with Crippen LogP contribution in [0, 0.1) is 0 Å². The second kappa shape index (κ2) is 0.734. The Morgan fingerprint density at radius 1 is 1.50 bits per heavy atom. The van der Waals surface area contributed by atoms with E-state index in [-0.39, 0.29) is 6.70 Å². The highest BCUT2D eigenvalue weighted by Crippen LogP contribution is 2.36. The van der Waals surface area contributed by atoms with Gasteiger partial charge in [0.15, 0.2) is 30.8 Å². The zero-order valence-electron chi connectivity index (χ0n) is 2.27. The largest absolute Gasteiger partial charge is 0.183 e. The highest BCUT2D eigenvalue weighted by Gasteiger charge is 2.25. The molecular formula is C2H4PS+. The van der Waals surface area contributed by atoms with Crippen LogP contribution in [-0.2, 0) is 11.8 Å². The lowest BCUT2D eigenvalue weighted by Gasteiger charge is -1.10. The van der Waals surface area contributed by atoms with Crippen molar-refractivity contribution in [3.05, 3.63) is 0 Å². The molecular weight excluding hydrogens is 87.1 g/mol. The fourth-order valence-electron chi connectivity index (χ4n) is 0.0408. The molecule has 0 aliphatic carbocycles. The Labute approximate surface area is 31.6 Å². The first-order valence-corrected chi connectivity index (χ1v) is 4.04. The van der Waals surface area contributed by atoms with Crippen LogP contribution in [0.3, 0.4) is 0 Å². The highest BCUT2D eigenvalue weighted by atomic mass is 32.4. The molecule has 0 nitrogen and oxygen atoms in total. The van der Waals surface area contributed by atoms with E-state index in [0.717, 1.165) is 0 Å². The maximum Gasteiger partial charge on any atom is 0.183 e. The van der Waals surface area contributed by atoms with E-state index in [4.69, 9.17) is 11.8 Å². The van der Waals surface area contributed by atoms with Crippen molar-refractivity contribution < 1.29 is 0 Å². The van der Waals surface area contributed by atoms with Crippen molar-refractivity contribution in [1.82, 2.24) is 0 Å². The van der Waals surface area contributed by atoms with Gasteiger partial charge in [-0.05, 0) is 0 Å². The summed E-state index contributed by atoms with van der Waals surface area (Å²) in [6, 6.07) is 0. The number of hydrogen-bond acceptors (Lipinski definition) is 1. The van der Waals surface area contributed by atoms with Crippen LogP contribution in [0.15, 0.2) is 0 Å². The molecule has 1 rings (SSSR count). The molecule has 0 radical (unpaired) electrons. The third-order valence-electron chi connectivity index (χ3n) is 0.406. The Morgan fingerprint density at radius 2 is 1.75 bits per heavy atom. The standard InChI is InChI=1S/C2H4PS/c4-3-1-2-3/h1-2H2/q+1. The molecule has 0 spiro atoms. The predicted octanol–water partition coefficient (Wildman–Crippen LogP) is 0.944. The summed E-state index contributed by atoms with van der Waals surface area (Å²) in [5.41, 5.74) is 0. The molecule has 0 bridgehead atoms. The first-order chi connectivity index (χ1) is 1.89. The van der Waals surface area contributed by atoms with Crippen molar-refractivity contribution in [2.24, 2.45) is 0 Å². The van der Waals surface area contributed by atoms with Crippen molar-refractivity contribution >= 4 is 18.5 Å². The van der Waals surface area contributed by atoms with Gasteiger partial charge in [-0.15, -0.1) is 0 Å². The molecule has 0 saturated carbocycles. The van der Waals surface area contributed by atoms with Crippen LogP contribution in [0.1, 0.15) is 0 Å². The molecule has 0 unspecified atom stereocenters. The van der Waals surface area contributed by atoms with E-state index in [1.807, 2.05) is 0 Å². The summed E-state index contributed by atoms with van der Waals surface area (Å²) in [6.07, 6.45) is 2.73. The van der Waals surface area contributed by atoms with E-state index < -0.39 is 0 Å². The first kappa shape index (κ1) is 2.74. The van der Waals surface area contributed by atoms with Gasteiger partial charge in [0, 0.05) is 0 Å². The minimum atomic E-state index is 0.213. The van der Waals surface area contributed by atoms with Crippen molar-refractivity contribution in [2.45, 2.75) is 0 Å². The smallest absolute Gasteiger partial charge is 0.159 e. The Kier molecular flexibility index (Phi) is 0.503. The molecule has 1 saturated heterocycles. The lowest BCUT2D eigenvalue weighted by atomic mass is 11.0. The molecule has 2 heteroatoms. The summed E-state index contributed by atoms with van der Waals surface area (Å²) in [7, 11) is 0. The van der Waals surface area contributed by atoms with Gasteiger partial charge in [-0.2, -0.15) is 0 Å². The third-order valence-corrected chi connectivity index (χ3v) is 2.31. The molecule has 22 valence electrons. The van der Waals surface area contributed by atoms with Gasteiger partial charge in [0.25, 0.3) is 0 Å². The summed E-state index contributed by atoms with van der Waals surface area (Å²) in [5, 5.41) is 0. The lowest BCUT2D eigenvalue weighted by molar-refractivity contribution is 1.75. The van der Waals surface area contributed by atoms with E-state index >= 15 is 0 Å². The Hall–Kier alpha value is 0.520. The number of rotatable bonds is 0. The summed E-state index contributed by atoms with van der Waals surface area (Å²) in [4.78, 5) is 0. The molecule has 0 aromatic carbocycles. The van der Waals surface area contributed by atoms with Gasteiger partial charge in [-0.25, -0.2) is 0 Å². The second-order valence-electron chi connectivity index (χ2n) is 0.929. The van der Waals surface area contributed by atoms with Crippen molar-refractivity contribution in [1.29, 1.82) is 0 Å². The van der Waals surface area contributed by atoms with Crippen LogP contribution in [0.5, 0.6) is 0 Å². The summed E-state index contributed by atoms with van der Waals surface area (Å²) < 4.78 is 0. The van der Waals surface area contributed by atoms with Crippen molar-refractivity contribution in [3.8, 4) is 0 Å². The molecule has 1 heterocycles. The predicted molar refractivity (Wildman–Crippen MR) is 24.0 cm³/mol. The summed E-state index contributed by atoms with van der Waals surface area (Å²) in [6.45, 7) is 0.213. The number of hydrogen-bond donors (Lipinski definition) is 0. The van der Waals surface area contributed by atoms with Crippen LogP contribution in [0.2, 0.25) is 0 Å². The van der Waals surface area contributed by atoms with E-state index in [2.05, 4.69) is 0 Å². The van der Waals surface area contributed by atoms with Crippen LogP contribution in [-0.4, -0.2) is 12.3 Å². The zero-order valence-corrected chi connectivity index (χ0v) is 3.98. The molecule has 1 fully saturated rings. The fraction of sp³-hybridized carbons (Fsp3) is 1.00. The lowest BCUT2D eigenvalue weighted by Crippen LogP contribution is -1.20. The fourth-order valence-corrected chi connectivity index (χ4v) is 1.10. The van der Waals surface area contributed by atoms with Crippen LogP contribution in [0.25, 0.3) is 0 Å². The topological polar surface area (TPSA) is 0 Å². The Morgan fingerprint density at radius 3 is 1.75 bits per heavy atom. The normalized spacial score (nSPS) is 21.5. The monoisotopic (exact) mass is 91.0 g/mol. The van der Waals surface area contributed by atoms with E-state index in [1.165, 1.54) is 12.3 Å². The third kappa shape index (κ3) is 0.470. The second-order valence-corrected chi connectivity index (χ2v) is 4.34. The molecule has 0 amide bonds. The molecule has 0 N–H and O–H groups in total. The van der Waals surface area contributed by atoms with Crippen LogP contribution in [0.4, 0.5) is 0 Å². The van der Waals surface area contributed by atoms with Gasteiger partial charge in [-0.1, -0.05) is 0 Å². The van der Waals surface area contributed by atoms with Crippen LogP contribution < -0.4 is 0 Å². The van der Waals surface area contributed by atoms with E-state index in [9.17, 15) is 0 Å². The maximum absolute atomic E-state index is 4.80. The SMILES string of the molecule is S=[P+]1CC1. The van der Waals surface area contributed by atoms with E-state index in [1.54, 1.807) is 0 Å². The van der Waals surface area contributed by atoms with Gasteiger partial charge in [0.05, 0.1) is 0 Å². The van der Waals surface area contributed by atoms with Crippen molar-refractivity contribution in [3.63, 3.8) is 0 Å². The van der Waals surface area contributed by atoms with Gasteiger partial charge >= 0.3 is 0 Å². The van der Waals surface area contributed by atoms with Gasteiger partial charge in [0.2, 0.25) is 0 Å². The Bertz CT molecular complexity index is 44.0. The first-order valence-electron chi connectivity index (χ1n) is 1.32. The summed E-state index contributed by atoms with van der Waals surface area (Å²) >= 11 is 4.80. The highest BCUT2D eigenvalue weighted by molar-refractivity contribution is 8.08. The van der Waals surface area contributed by atoms with E-state index in [0.29, 0.717) is 0 Å². The molecule has 0 atom stereocenters. The summed E-state index contributed by atoms with van der Waals surface area (Å²) in [5.74, 6) is 0. The minimum Gasteiger partial charge on any atom is 0.159 e. The average Bonchev–Trinajstić information content (AvgIpc) is 1.75. The van der Waals surface area contributed by atoms with Gasteiger partial charge < -0.3 is 0 Å². The minimum absolute atomic E-state index is 0.213. The maximum atomic E-state index is 4.80. The molecule has 4 heavy (non-hydrogen) atoms. The quantitative estimate of drug-likeness (QED) is 0.400. The molecule has 1 aliphatic rings. The Balaban J connectivity index is 2.60. The average molecular weight is 91.1 g/mol. The van der Waals surface area contributed by atoms with Crippen LogP contribution >= 0.6 is 6.70 Å². The van der Waals surface area contributed by atoms with Gasteiger partial charge in [-0.3, -0.25) is 0 Å². The molecule has 0 aromatic rings. The molecule has 0 aromatic heterocycles. The van der Waals surface area contributed by atoms with Gasteiger partial charge in [0.1, 0.15) is 0 Å². The zero-order chi connectivity index (χ0) is 2.99. The van der Waals surface area contributed by atoms with Crippen molar-refractivity contribution in [2.75, 3.05) is 12.3 Å². The molecule has 1 aliphatic heterocycles.